The molecule has 2 aromatic carbocycles. The summed E-state index contributed by atoms with van der Waals surface area (Å²) in [7, 11) is 0. The Hall–Kier alpha value is -3.34. The van der Waals surface area contributed by atoms with Crippen molar-refractivity contribution in [3.8, 4) is 23.0 Å². The maximum Gasteiger partial charge on any atom is 0.457 e. The molecule has 34 heavy (non-hydrogen) atoms. The van der Waals surface area contributed by atoms with Gasteiger partial charge in [-0.2, -0.15) is 13.2 Å². The van der Waals surface area contributed by atoms with Gasteiger partial charge in [0, 0.05) is 11.5 Å². The lowest BCUT2D eigenvalue weighted by Crippen LogP contribution is -2.30. The molecule has 2 unspecified atom stereocenters. The van der Waals surface area contributed by atoms with E-state index in [1.165, 1.54) is 18.1 Å². The van der Waals surface area contributed by atoms with Gasteiger partial charge in [0.2, 0.25) is 0 Å². The van der Waals surface area contributed by atoms with Crippen LogP contribution in [0.1, 0.15) is 24.5 Å². The monoisotopic (exact) mass is 482 g/mol. The summed E-state index contributed by atoms with van der Waals surface area (Å²) < 4.78 is 111. The van der Waals surface area contributed by atoms with Crippen molar-refractivity contribution < 1.29 is 35.1 Å². The summed E-state index contributed by atoms with van der Waals surface area (Å²) in [5, 5.41) is 0. The molecule has 0 nitrogen and oxygen atoms in total. The van der Waals surface area contributed by atoms with E-state index in [1.807, 2.05) is 0 Å². The van der Waals surface area contributed by atoms with Crippen molar-refractivity contribution in [2.75, 3.05) is 0 Å². The predicted octanol–water partition coefficient (Wildman–Crippen LogP) is 8.05. The number of allylic oxidation sites excluding steroid dienone is 5. The molecule has 8 heteroatoms. The minimum absolute atomic E-state index is 0.0792. The second kappa shape index (κ2) is 9.49. The molecule has 2 aromatic rings. The number of benzene rings is 2. The summed E-state index contributed by atoms with van der Waals surface area (Å²) in [6.07, 6.45) is -3.43. The van der Waals surface area contributed by atoms with Crippen LogP contribution < -0.4 is 0 Å². The fraction of sp³-hybridized carbons (Fsp3) is 0.231. The minimum atomic E-state index is -4.97. The molecular weight excluding hydrogens is 464 g/mol. The molecule has 0 amide bonds. The average molecular weight is 482 g/mol. The van der Waals surface area contributed by atoms with Crippen LogP contribution in [-0.2, 0) is 6.42 Å². The maximum atomic E-state index is 14.8. The number of alkyl halides is 4. The molecule has 3 rings (SSSR count). The first-order chi connectivity index (χ1) is 15.9. The molecule has 2 atom stereocenters. The smallest absolute Gasteiger partial charge is 0.241 e. The lowest BCUT2D eigenvalue weighted by molar-refractivity contribution is -0.0700. The molecule has 0 heterocycles. The topological polar surface area (TPSA) is 0 Å². The van der Waals surface area contributed by atoms with E-state index in [0.29, 0.717) is 30.6 Å². The highest BCUT2D eigenvalue weighted by molar-refractivity contribution is 5.79. The van der Waals surface area contributed by atoms with Crippen LogP contribution in [-0.4, -0.2) is 12.3 Å². The summed E-state index contributed by atoms with van der Waals surface area (Å²) >= 11 is 0. The highest BCUT2D eigenvalue weighted by Gasteiger charge is 2.41. The zero-order chi connectivity index (χ0) is 25.3. The standard InChI is InChI=1S/C26H18F8/c1-3-4-5-15-6-7-18(19(27)10-15)16-11-20(28)24(21(29)12-16)17-13-22(30)25(2,23(31)14-17)8-9-26(32,33)34/h3,6-7,10-14,22H,1,4-5H2,2H3. The van der Waals surface area contributed by atoms with E-state index in [4.69, 9.17) is 0 Å². The van der Waals surface area contributed by atoms with Crippen LogP contribution in [0.25, 0.3) is 16.7 Å². The highest BCUT2D eigenvalue weighted by Crippen LogP contribution is 2.43. The first kappa shape index (κ1) is 25.3. The summed E-state index contributed by atoms with van der Waals surface area (Å²) in [6.45, 7) is 4.39. The Morgan fingerprint density at radius 3 is 2.21 bits per heavy atom. The molecule has 0 bridgehead atoms. The first-order valence-electron chi connectivity index (χ1n) is 10.1. The molecule has 178 valence electrons. The van der Waals surface area contributed by atoms with Crippen molar-refractivity contribution in [3.05, 3.63) is 89.5 Å². The normalized spacial score (nSPS) is 20.2. The molecule has 0 aromatic heterocycles. The van der Waals surface area contributed by atoms with E-state index < -0.39 is 52.2 Å². The van der Waals surface area contributed by atoms with Crippen LogP contribution in [0.4, 0.5) is 35.1 Å². The van der Waals surface area contributed by atoms with Crippen LogP contribution in [0.15, 0.2) is 61.0 Å². The summed E-state index contributed by atoms with van der Waals surface area (Å²) in [6, 6.07) is 5.84. The fourth-order valence-corrected chi connectivity index (χ4v) is 3.50. The van der Waals surface area contributed by atoms with Crippen LogP contribution >= 0.6 is 0 Å². The van der Waals surface area contributed by atoms with Gasteiger partial charge < -0.3 is 0 Å². The molecule has 1 aliphatic carbocycles. The highest BCUT2D eigenvalue weighted by atomic mass is 19.4. The van der Waals surface area contributed by atoms with Gasteiger partial charge in [-0.05, 0) is 66.8 Å². The first-order valence-corrected chi connectivity index (χ1v) is 10.1. The van der Waals surface area contributed by atoms with Crippen molar-refractivity contribution in [1.82, 2.24) is 0 Å². The van der Waals surface area contributed by atoms with Gasteiger partial charge in [0.1, 0.15) is 34.9 Å². The van der Waals surface area contributed by atoms with Gasteiger partial charge in [-0.15, -0.1) is 6.58 Å². The van der Waals surface area contributed by atoms with Crippen LogP contribution in [0.5, 0.6) is 0 Å². The Bertz CT molecular complexity index is 1220. The van der Waals surface area contributed by atoms with Gasteiger partial charge >= 0.3 is 6.18 Å². The third kappa shape index (κ3) is 5.24. The number of halogens is 8. The van der Waals surface area contributed by atoms with E-state index in [0.717, 1.165) is 25.0 Å². The zero-order valence-electron chi connectivity index (χ0n) is 17.8. The van der Waals surface area contributed by atoms with E-state index >= 15 is 0 Å². The van der Waals surface area contributed by atoms with Gasteiger partial charge in [0.25, 0.3) is 0 Å². The predicted molar refractivity (Wildman–Crippen MR) is 114 cm³/mol. The van der Waals surface area contributed by atoms with Crippen LogP contribution in [0.3, 0.4) is 0 Å². The molecule has 0 fully saturated rings. The van der Waals surface area contributed by atoms with Gasteiger partial charge in [-0.25, -0.2) is 22.0 Å². The van der Waals surface area contributed by atoms with E-state index in [1.54, 1.807) is 12.1 Å². The number of rotatable bonds is 5. The maximum absolute atomic E-state index is 14.8. The number of aryl methyl sites for hydroxylation is 1. The van der Waals surface area contributed by atoms with E-state index in [2.05, 4.69) is 6.58 Å². The Morgan fingerprint density at radius 2 is 1.68 bits per heavy atom. The van der Waals surface area contributed by atoms with Gasteiger partial charge in [0.15, 0.2) is 0 Å². The Morgan fingerprint density at radius 1 is 1.03 bits per heavy atom. The van der Waals surface area contributed by atoms with Gasteiger partial charge in [0.05, 0.1) is 5.56 Å². The third-order valence-electron chi connectivity index (χ3n) is 5.43. The lowest BCUT2D eigenvalue weighted by Gasteiger charge is -2.28. The third-order valence-corrected chi connectivity index (χ3v) is 5.43. The van der Waals surface area contributed by atoms with Crippen molar-refractivity contribution in [2.24, 2.45) is 5.41 Å². The quantitative estimate of drug-likeness (QED) is 0.230. The SMILES string of the molecule is C=CCCc1ccc(-c2cc(F)c(C3=CC(F)C(C)(C#CC(F)(F)F)C(F)=C3)c(F)c2)c(F)c1. The number of hydrogen-bond donors (Lipinski definition) is 0. The average Bonchev–Trinajstić information content (AvgIpc) is 2.73. The Kier molecular flexibility index (Phi) is 7.06. The van der Waals surface area contributed by atoms with Crippen molar-refractivity contribution in [2.45, 2.75) is 32.1 Å². The Labute approximate surface area is 191 Å². The van der Waals surface area contributed by atoms with E-state index in [9.17, 15) is 35.1 Å². The zero-order valence-corrected chi connectivity index (χ0v) is 17.8. The van der Waals surface area contributed by atoms with Crippen molar-refractivity contribution in [3.63, 3.8) is 0 Å². The van der Waals surface area contributed by atoms with Crippen LogP contribution in [0.2, 0.25) is 0 Å². The Balaban J connectivity index is 1.98. The van der Waals surface area contributed by atoms with E-state index in [-0.39, 0.29) is 11.1 Å². The molecule has 1 aliphatic rings. The molecule has 0 N–H and O–H groups in total. The summed E-state index contributed by atoms with van der Waals surface area (Å²) in [4.78, 5) is 0. The second-order valence-electron chi connectivity index (χ2n) is 7.92. The van der Waals surface area contributed by atoms with Gasteiger partial charge in [-0.3, -0.25) is 0 Å². The number of hydrogen-bond acceptors (Lipinski definition) is 0. The summed E-state index contributed by atoms with van der Waals surface area (Å²) in [5.41, 5.74) is -3.36. The fourth-order valence-electron chi connectivity index (χ4n) is 3.50. The second-order valence-corrected chi connectivity index (χ2v) is 7.92. The largest absolute Gasteiger partial charge is 0.457 e. The molecular formula is C26H18F8. The van der Waals surface area contributed by atoms with Crippen molar-refractivity contribution >= 4 is 5.57 Å². The molecule has 0 spiro atoms. The minimum Gasteiger partial charge on any atom is -0.241 e. The molecule has 0 saturated carbocycles. The molecule has 0 radical (unpaired) electrons. The summed E-state index contributed by atoms with van der Waals surface area (Å²) in [5.74, 6) is -2.23. The van der Waals surface area contributed by atoms with Gasteiger partial charge in [-0.1, -0.05) is 24.1 Å². The molecule has 0 saturated heterocycles. The molecule has 0 aliphatic heterocycles. The lowest BCUT2D eigenvalue weighted by atomic mass is 9.78. The van der Waals surface area contributed by atoms with Crippen molar-refractivity contribution in [1.29, 1.82) is 0 Å². The van der Waals surface area contributed by atoms with Crippen LogP contribution in [0, 0.1) is 34.7 Å².